The molecule has 0 atom stereocenters. The van der Waals surface area contributed by atoms with Gasteiger partial charge >= 0.3 is 0 Å². The van der Waals surface area contributed by atoms with Gasteiger partial charge in [-0.1, -0.05) is 56.1 Å². The molecule has 0 heterocycles. The highest BCUT2D eigenvalue weighted by Gasteiger charge is 2.07. The lowest BCUT2D eigenvalue weighted by molar-refractivity contribution is 0.302. The molecule has 2 aromatic rings. The Kier molecular flexibility index (Phi) is 5.27. The molecule has 2 aromatic carbocycles. The molecule has 4 heteroatoms. The standard InChI is InChI=1S/C14H11Br3O/c15-8-11-4-2-6-13(17)14(11)18-9-10-3-1-5-12(16)7-10/h1-7H,8-9H2. The van der Waals surface area contributed by atoms with Crippen molar-refractivity contribution in [2.45, 2.75) is 11.9 Å². The Morgan fingerprint density at radius 3 is 2.50 bits per heavy atom. The lowest BCUT2D eigenvalue weighted by Crippen LogP contribution is -1.98. The maximum atomic E-state index is 5.90. The van der Waals surface area contributed by atoms with Crippen LogP contribution in [0.5, 0.6) is 5.75 Å². The molecule has 0 aliphatic carbocycles. The zero-order valence-corrected chi connectivity index (χ0v) is 14.3. The minimum Gasteiger partial charge on any atom is -0.487 e. The molecule has 18 heavy (non-hydrogen) atoms. The molecule has 0 saturated carbocycles. The highest BCUT2D eigenvalue weighted by atomic mass is 79.9. The van der Waals surface area contributed by atoms with E-state index in [1.165, 1.54) is 0 Å². The summed E-state index contributed by atoms with van der Waals surface area (Å²) in [6.07, 6.45) is 0. The van der Waals surface area contributed by atoms with Crippen molar-refractivity contribution in [2.75, 3.05) is 0 Å². The van der Waals surface area contributed by atoms with Crippen LogP contribution in [0.25, 0.3) is 0 Å². The highest BCUT2D eigenvalue weighted by molar-refractivity contribution is 9.11. The summed E-state index contributed by atoms with van der Waals surface area (Å²) in [4.78, 5) is 0. The Morgan fingerprint density at radius 1 is 1.00 bits per heavy atom. The monoisotopic (exact) mass is 432 g/mol. The third kappa shape index (κ3) is 3.59. The van der Waals surface area contributed by atoms with Crippen LogP contribution in [0.3, 0.4) is 0 Å². The van der Waals surface area contributed by atoms with Gasteiger partial charge in [0.05, 0.1) is 4.47 Å². The molecule has 0 amide bonds. The largest absolute Gasteiger partial charge is 0.487 e. The third-order valence-corrected chi connectivity index (χ3v) is 4.19. The van der Waals surface area contributed by atoms with Gasteiger partial charge in [0, 0.05) is 15.4 Å². The maximum Gasteiger partial charge on any atom is 0.138 e. The van der Waals surface area contributed by atoms with E-state index in [1.54, 1.807) is 0 Å². The van der Waals surface area contributed by atoms with Crippen LogP contribution in [0.2, 0.25) is 0 Å². The molecular formula is C14H11Br3O. The summed E-state index contributed by atoms with van der Waals surface area (Å²) in [5.74, 6) is 0.898. The van der Waals surface area contributed by atoms with Gasteiger partial charge in [-0.25, -0.2) is 0 Å². The average Bonchev–Trinajstić information content (AvgIpc) is 2.37. The van der Waals surface area contributed by atoms with Gasteiger partial charge in [0.2, 0.25) is 0 Å². The molecule has 0 bridgehead atoms. The van der Waals surface area contributed by atoms with E-state index in [9.17, 15) is 0 Å². The zero-order valence-electron chi connectivity index (χ0n) is 9.50. The van der Waals surface area contributed by atoms with Crippen molar-refractivity contribution in [3.63, 3.8) is 0 Å². The molecule has 0 unspecified atom stereocenters. The molecule has 0 N–H and O–H groups in total. The molecule has 2 rings (SSSR count). The van der Waals surface area contributed by atoms with Crippen LogP contribution >= 0.6 is 47.8 Å². The summed E-state index contributed by atoms with van der Waals surface area (Å²) in [6, 6.07) is 14.2. The van der Waals surface area contributed by atoms with E-state index >= 15 is 0 Å². The van der Waals surface area contributed by atoms with Gasteiger partial charge in [0.1, 0.15) is 12.4 Å². The first-order valence-electron chi connectivity index (χ1n) is 5.41. The molecule has 0 aromatic heterocycles. The predicted octanol–water partition coefficient (Wildman–Crippen LogP) is 5.69. The van der Waals surface area contributed by atoms with Gasteiger partial charge < -0.3 is 4.74 Å². The van der Waals surface area contributed by atoms with E-state index < -0.39 is 0 Å². The van der Waals surface area contributed by atoms with E-state index in [-0.39, 0.29) is 0 Å². The van der Waals surface area contributed by atoms with Crippen LogP contribution in [-0.2, 0) is 11.9 Å². The average molecular weight is 435 g/mol. The van der Waals surface area contributed by atoms with Gasteiger partial charge in [-0.3, -0.25) is 0 Å². The number of rotatable bonds is 4. The summed E-state index contributed by atoms with van der Waals surface area (Å²) in [5.41, 5.74) is 2.28. The summed E-state index contributed by atoms with van der Waals surface area (Å²) >= 11 is 10.5. The lowest BCUT2D eigenvalue weighted by atomic mass is 10.2. The second kappa shape index (κ2) is 6.73. The van der Waals surface area contributed by atoms with Gasteiger partial charge in [-0.05, 0) is 39.7 Å². The quantitative estimate of drug-likeness (QED) is 0.562. The Bertz CT molecular complexity index is 540. The molecule has 0 aliphatic rings. The van der Waals surface area contributed by atoms with E-state index in [0.717, 1.165) is 31.2 Å². The number of benzene rings is 2. The first kappa shape index (κ1) is 14.1. The van der Waals surface area contributed by atoms with Crippen molar-refractivity contribution in [1.29, 1.82) is 0 Å². The normalized spacial score (nSPS) is 10.4. The number of hydrogen-bond acceptors (Lipinski definition) is 1. The van der Waals surface area contributed by atoms with Crippen molar-refractivity contribution in [3.05, 3.63) is 62.5 Å². The minimum absolute atomic E-state index is 0.558. The topological polar surface area (TPSA) is 9.23 Å². The smallest absolute Gasteiger partial charge is 0.138 e. The van der Waals surface area contributed by atoms with E-state index in [2.05, 4.69) is 66.0 Å². The van der Waals surface area contributed by atoms with Crippen molar-refractivity contribution in [3.8, 4) is 5.75 Å². The number of para-hydroxylation sites is 1. The van der Waals surface area contributed by atoms with Crippen LogP contribution in [0.4, 0.5) is 0 Å². The molecular weight excluding hydrogens is 424 g/mol. The minimum atomic E-state index is 0.558. The number of hydrogen-bond donors (Lipinski definition) is 0. The van der Waals surface area contributed by atoms with Gasteiger partial charge in [-0.15, -0.1) is 0 Å². The van der Waals surface area contributed by atoms with Crippen LogP contribution in [0.1, 0.15) is 11.1 Å². The van der Waals surface area contributed by atoms with Crippen LogP contribution in [0, 0.1) is 0 Å². The summed E-state index contributed by atoms with van der Waals surface area (Å²) in [6.45, 7) is 0.558. The van der Waals surface area contributed by atoms with E-state index in [1.807, 2.05) is 24.3 Å². The molecule has 1 nitrogen and oxygen atoms in total. The fraction of sp³-hybridized carbons (Fsp3) is 0.143. The van der Waals surface area contributed by atoms with Gasteiger partial charge in [0.25, 0.3) is 0 Å². The van der Waals surface area contributed by atoms with Crippen LogP contribution in [0.15, 0.2) is 51.4 Å². The third-order valence-electron chi connectivity index (χ3n) is 2.46. The predicted molar refractivity (Wildman–Crippen MR) is 85.2 cm³/mol. The van der Waals surface area contributed by atoms with Crippen LogP contribution in [-0.4, -0.2) is 0 Å². The Balaban J connectivity index is 2.15. The summed E-state index contributed by atoms with van der Waals surface area (Å²) in [7, 11) is 0. The van der Waals surface area contributed by atoms with Crippen molar-refractivity contribution >= 4 is 47.8 Å². The van der Waals surface area contributed by atoms with E-state index in [0.29, 0.717) is 6.61 Å². The molecule has 0 fully saturated rings. The Labute approximate surface area is 132 Å². The number of alkyl halides is 1. The van der Waals surface area contributed by atoms with Gasteiger partial charge in [-0.2, -0.15) is 0 Å². The molecule has 0 spiro atoms. The molecule has 94 valence electrons. The second-order valence-electron chi connectivity index (χ2n) is 3.78. The van der Waals surface area contributed by atoms with Crippen LogP contribution < -0.4 is 4.74 Å². The first-order chi connectivity index (χ1) is 8.70. The van der Waals surface area contributed by atoms with Crippen molar-refractivity contribution in [1.82, 2.24) is 0 Å². The van der Waals surface area contributed by atoms with Crippen molar-refractivity contribution in [2.24, 2.45) is 0 Å². The highest BCUT2D eigenvalue weighted by Crippen LogP contribution is 2.31. The summed E-state index contributed by atoms with van der Waals surface area (Å²) in [5, 5.41) is 0.778. The maximum absolute atomic E-state index is 5.90. The first-order valence-corrected chi connectivity index (χ1v) is 8.12. The molecule has 0 aliphatic heterocycles. The fourth-order valence-electron chi connectivity index (χ4n) is 1.60. The fourth-order valence-corrected chi connectivity index (χ4v) is 3.01. The Hall–Kier alpha value is -0.320. The van der Waals surface area contributed by atoms with Gasteiger partial charge in [0.15, 0.2) is 0 Å². The zero-order chi connectivity index (χ0) is 13.0. The molecule has 0 radical (unpaired) electrons. The Morgan fingerprint density at radius 2 is 1.78 bits per heavy atom. The SMILES string of the molecule is BrCc1cccc(Br)c1OCc1cccc(Br)c1. The number of halogens is 3. The molecule has 0 saturated heterocycles. The van der Waals surface area contributed by atoms with Crippen molar-refractivity contribution < 1.29 is 4.74 Å². The summed E-state index contributed by atoms with van der Waals surface area (Å²) < 4.78 is 7.95. The number of ether oxygens (including phenoxy) is 1. The van der Waals surface area contributed by atoms with E-state index in [4.69, 9.17) is 4.74 Å². The lowest BCUT2D eigenvalue weighted by Gasteiger charge is -2.12. The second-order valence-corrected chi connectivity index (χ2v) is 6.11.